The number of nitrogens with one attached hydrogen (secondary N) is 1. The molecule has 1 aliphatic carbocycles. The lowest BCUT2D eigenvalue weighted by Gasteiger charge is -2.24. The molecule has 8 heteroatoms. The van der Waals surface area contributed by atoms with Gasteiger partial charge in [0.2, 0.25) is 0 Å². The maximum Gasteiger partial charge on any atom is 0.267 e. The van der Waals surface area contributed by atoms with E-state index in [2.05, 4.69) is 5.32 Å². The van der Waals surface area contributed by atoms with Gasteiger partial charge in [-0.3, -0.25) is 18.9 Å². The lowest BCUT2D eigenvalue weighted by Crippen LogP contribution is -2.31. The van der Waals surface area contributed by atoms with Gasteiger partial charge in [-0.25, -0.2) is 4.98 Å². The van der Waals surface area contributed by atoms with Crippen LogP contribution < -0.4 is 10.9 Å². The SMILES string of the molecule is C[C@H](c1ccccc1)N1C(=O)/C(=C/c2c(NC3CCCCC3)nc3ccccn3c2=O)SC1=S. The van der Waals surface area contributed by atoms with Crippen molar-refractivity contribution in [1.82, 2.24) is 14.3 Å². The summed E-state index contributed by atoms with van der Waals surface area (Å²) in [7, 11) is 0. The number of carbonyl (C=O) groups excluding carboxylic acids is 1. The number of rotatable bonds is 5. The van der Waals surface area contributed by atoms with E-state index in [1.54, 1.807) is 23.2 Å². The Morgan fingerprint density at radius 3 is 2.59 bits per heavy atom. The molecule has 1 aromatic carbocycles. The smallest absolute Gasteiger partial charge is 0.267 e. The van der Waals surface area contributed by atoms with Gasteiger partial charge in [-0.05, 0) is 43.5 Å². The van der Waals surface area contributed by atoms with E-state index in [0.29, 0.717) is 26.3 Å². The molecule has 1 aliphatic heterocycles. The van der Waals surface area contributed by atoms with Gasteiger partial charge in [0, 0.05) is 12.2 Å². The van der Waals surface area contributed by atoms with Gasteiger partial charge in [-0.15, -0.1) is 0 Å². The first kappa shape index (κ1) is 22.8. The van der Waals surface area contributed by atoms with E-state index < -0.39 is 0 Å². The van der Waals surface area contributed by atoms with Crippen molar-refractivity contribution in [2.45, 2.75) is 51.1 Å². The van der Waals surface area contributed by atoms with Crippen LogP contribution in [0.1, 0.15) is 56.2 Å². The molecular formula is C26H26N4O2S2. The molecule has 2 aliphatic rings. The van der Waals surface area contributed by atoms with E-state index >= 15 is 0 Å². The Balaban J connectivity index is 1.54. The van der Waals surface area contributed by atoms with Gasteiger partial charge in [-0.1, -0.05) is 79.6 Å². The minimum atomic E-state index is -0.203. The standard InChI is InChI=1S/C26H26N4O2S2/c1-17(18-10-4-2-5-11-18)30-25(32)21(34-26(30)33)16-20-23(27-19-12-6-3-7-13-19)28-22-14-8-9-15-29(22)24(20)31/h2,4-5,8-11,14-17,19,27H,3,6-7,12-13H2,1H3/b21-16-/t17-/m1/s1. The predicted octanol–water partition coefficient (Wildman–Crippen LogP) is 5.40. The summed E-state index contributed by atoms with van der Waals surface area (Å²) in [4.78, 5) is 33.7. The Bertz CT molecular complexity index is 1330. The second-order valence-electron chi connectivity index (χ2n) is 8.73. The summed E-state index contributed by atoms with van der Waals surface area (Å²) in [6.45, 7) is 1.96. The van der Waals surface area contributed by atoms with Crippen LogP contribution in [0.15, 0.2) is 64.4 Å². The summed E-state index contributed by atoms with van der Waals surface area (Å²) in [5.74, 6) is 0.344. The van der Waals surface area contributed by atoms with E-state index in [1.165, 1.54) is 22.6 Å². The maximum absolute atomic E-state index is 13.5. The molecule has 0 spiro atoms. The lowest BCUT2D eigenvalue weighted by atomic mass is 9.95. The normalized spacial score (nSPS) is 19.2. The monoisotopic (exact) mass is 490 g/mol. The molecule has 5 rings (SSSR count). The van der Waals surface area contributed by atoms with Crippen LogP contribution in [0.25, 0.3) is 11.7 Å². The minimum Gasteiger partial charge on any atom is -0.367 e. The highest BCUT2D eigenvalue weighted by atomic mass is 32.2. The Morgan fingerprint density at radius 1 is 1.09 bits per heavy atom. The van der Waals surface area contributed by atoms with Crippen LogP contribution in [0.5, 0.6) is 0 Å². The number of carbonyl (C=O) groups is 1. The molecule has 1 N–H and O–H groups in total. The average molecular weight is 491 g/mol. The highest BCUT2D eigenvalue weighted by Crippen LogP contribution is 2.38. The Kier molecular flexibility index (Phi) is 6.52. The number of hydrogen-bond acceptors (Lipinski definition) is 6. The van der Waals surface area contributed by atoms with Gasteiger partial charge in [0.05, 0.1) is 16.5 Å². The molecule has 1 saturated heterocycles. The Morgan fingerprint density at radius 2 is 1.82 bits per heavy atom. The fourth-order valence-corrected chi connectivity index (χ4v) is 6.01. The van der Waals surface area contributed by atoms with Crippen molar-refractivity contribution in [3.63, 3.8) is 0 Å². The number of aromatic nitrogens is 2. The van der Waals surface area contributed by atoms with Gasteiger partial charge in [0.25, 0.3) is 11.5 Å². The average Bonchev–Trinajstić information content (AvgIpc) is 3.14. The number of thioether (sulfide) groups is 1. The largest absolute Gasteiger partial charge is 0.367 e. The first-order valence-corrected chi connectivity index (χ1v) is 12.9. The summed E-state index contributed by atoms with van der Waals surface area (Å²) in [6.07, 6.45) is 9.02. The first-order chi connectivity index (χ1) is 16.5. The summed E-state index contributed by atoms with van der Waals surface area (Å²) in [5, 5.41) is 3.51. The summed E-state index contributed by atoms with van der Waals surface area (Å²) >= 11 is 6.81. The number of nitrogens with zero attached hydrogens (tertiary/aromatic N) is 3. The second kappa shape index (κ2) is 9.72. The van der Waals surface area contributed by atoms with E-state index in [4.69, 9.17) is 17.2 Å². The zero-order valence-electron chi connectivity index (χ0n) is 18.9. The van der Waals surface area contributed by atoms with Crippen molar-refractivity contribution in [3.8, 4) is 0 Å². The summed E-state index contributed by atoms with van der Waals surface area (Å²) < 4.78 is 2.01. The molecule has 34 heavy (non-hydrogen) atoms. The van der Waals surface area contributed by atoms with Gasteiger partial charge >= 0.3 is 0 Å². The molecule has 3 aromatic rings. The Hall–Kier alpha value is -2.97. The maximum atomic E-state index is 13.5. The molecule has 2 fully saturated rings. The van der Waals surface area contributed by atoms with E-state index in [0.717, 1.165) is 31.2 Å². The number of anilines is 1. The molecule has 0 radical (unpaired) electrons. The fourth-order valence-electron chi connectivity index (χ4n) is 4.61. The number of thiocarbonyl (C=S) groups is 1. The third-order valence-corrected chi connectivity index (χ3v) is 7.81. The molecule has 2 aromatic heterocycles. The zero-order valence-corrected chi connectivity index (χ0v) is 20.6. The molecule has 1 saturated carbocycles. The van der Waals surface area contributed by atoms with Crippen LogP contribution in [0, 0.1) is 0 Å². The van der Waals surface area contributed by atoms with Crippen LogP contribution in [-0.2, 0) is 4.79 Å². The van der Waals surface area contributed by atoms with Crippen molar-refractivity contribution in [2.24, 2.45) is 0 Å². The molecule has 6 nitrogen and oxygen atoms in total. The quantitative estimate of drug-likeness (QED) is 0.382. The first-order valence-electron chi connectivity index (χ1n) is 11.6. The van der Waals surface area contributed by atoms with Crippen LogP contribution in [-0.4, -0.2) is 30.6 Å². The van der Waals surface area contributed by atoms with Crippen LogP contribution >= 0.6 is 24.0 Å². The highest BCUT2D eigenvalue weighted by Gasteiger charge is 2.36. The van der Waals surface area contributed by atoms with E-state index in [1.807, 2.05) is 49.4 Å². The number of fused-ring (bicyclic) bond motifs is 1. The predicted molar refractivity (Wildman–Crippen MR) is 142 cm³/mol. The number of amides is 1. The van der Waals surface area contributed by atoms with Gasteiger partial charge in [0.15, 0.2) is 0 Å². The van der Waals surface area contributed by atoms with E-state index in [9.17, 15) is 9.59 Å². The van der Waals surface area contributed by atoms with Crippen LogP contribution in [0.2, 0.25) is 0 Å². The second-order valence-corrected chi connectivity index (χ2v) is 10.4. The summed E-state index contributed by atoms with van der Waals surface area (Å²) in [5.41, 5.74) is 1.77. The molecular weight excluding hydrogens is 464 g/mol. The molecule has 3 heterocycles. The third kappa shape index (κ3) is 4.40. The minimum absolute atomic E-state index is 0.187. The molecule has 0 unspecified atom stereocenters. The highest BCUT2D eigenvalue weighted by molar-refractivity contribution is 8.26. The summed E-state index contributed by atoms with van der Waals surface area (Å²) in [6, 6.07) is 15.4. The van der Waals surface area contributed by atoms with Crippen molar-refractivity contribution >= 4 is 51.7 Å². The fraction of sp³-hybridized carbons (Fsp3) is 0.308. The zero-order chi connectivity index (χ0) is 23.7. The van der Waals surface area contributed by atoms with Gasteiger partial charge in [-0.2, -0.15) is 0 Å². The van der Waals surface area contributed by atoms with Gasteiger partial charge < -0.3 is 5.32 Å². The van der Waals surface area contributed by atoms with Crippen molar-refractivity contribution in [2.75, 3.05) is 5.32 Å². The van der Waals surface area contributed by atoms with Crippen molar-refractivity contribution in [3.05, 3.63) is 81.1 Å². The molecule has 174 valence electrons. The molecule has 1 amide bonds. The number of benzene rings is 1. The van der Waals surface area contributed by atoms with Crippen molar-refractivity contribution in [1.29, 1.82) is 0 Å². The topological polar surface area (TPSA) is 66.7 Å². The Labute approximate surface area is 208 Å². The van der Waals surface area contributed by atoms with Gasteiger partial charge in [0.1, 0.15) is 15.8 Å². The van der Waals surface area contributed by atoms with E-state index in [-0.39, 0.29) is 23.6 Å². The molecule has 1 atom stereocenters. The van der Waals surface area contributed by atoms with Crippen LogP contribution in [0.3, 0.4) is 0 Å². The van der Waals surface area contributed by atoms with Crippen LogP contribution in [0.4, 0.5) is 5.82 Å². The van der Waals surface area contributed by atoms with Crippen molar-refractivity contribution < 1.29 is 4.79 Å². The number of pyridine rings is 1. The molecule has 0 bridgehead atoms. The number of hydrogen-bond donors (Lipinski definition) is 1. The third-order valence-electron chi connectivity index (χ3n) is 6.48. The lowest BCUT2D eigenvalue weighted by molar-refractivity contribution is -0.123.